The van der Waals surface area contributed by atoms with E-state index in [0.29, 0.717) is 22.2 Å². The van der Waals surface area contributed by atoms with Crippen molar-refractivity contribution >= 4 is 23.0 Å². The lowest BCUT2D eigenvalue weighted by molar-refractivity contribution is -0.201. The molecule has 1 aromatic heterocycles. The van der Waals surface area contributed by atoms with Crippen LogP contribution in [0.3, 0.4) is 0 Å². The zero-order valence-corrected chi connectivity index (χ0v) is 22.0. The first-order valence-electron chi connectivity index (χ1n) is 12.3. The number of hydrogen-bond acceptors (Lipinski definition) is 6. The number of rotatable bonds is 8. The molecule has 7 nitrogen and oxygen atoms in total. The first-order chi connectivity index (χ1) is 18.5. The van der Waals surface area contributed by atoms with Crippen molar-refractivity contribution < 1.29 is 32.2 Å². The Hall–Kier alpha value is -4.21. The molecule has 2 unspecified atom stereocenters. The van der Waals surface area contributed by atoms with Crippen LogP contribution in [0, 0.1) is 19.8 Å². The molecule has 0 aliphatic carbocycles. The van der Waals surface area contributed by atoms with Gasteiger partial charge in [0.05, 0.1) is 11.4 Å². The maximum Gasteiger partial charge on any atom is 0.490 e. The minimum absolute atomic E-state index is 0.103. The lowest BCUT2D eigenvalue weighted by Crippen LogP contribution is -2.25. The number of nitrogens with zero attached hydrogens (tertiary/aromatic N) is 3. The average Bonchev–Trinajstić information content (AvgIpc) is 3.29. The van der Waals surface area contributed by atoms with Gasteiger partial charge < -0.3 is 9.47 Å². The van der Waals surface area contributed by atoms with Gasteiger partial charge in [0, 0.05) is 13.0 Å². The van der Waals surface area contributed by atoms with Gasteiger partial charge in [0.25, 0.3) is 0 Å². The van der Waals surface area contributed by atoms with Gasteiger partial charge >= 0.3 is 18.1 Å². The summed E-state index contributed by atoms with van der Waals surface area (Å²) < 4.78 is 49.9. The van der Waals surface area contributed by atoms with Crippen molar-refractivity contribution in [2.45, 2.75) is 46.1 Å². The predicted molar refractivity (Wildman–Crippen MR) is 138 cm³/mol. The number of halogens is 3. The topological polar surface area (TPSA) is 83.3 Å². The maximum absolute atomic E-state index is 13.3. The summed E-state index contributed by atoms with van der Waals surface area (Å²) in [6.07, 6.45) is -5.09. The van der Waals surface area contributed by atoms with Gasteiger partial charge in [-0.3, -0.25) is 4.79 Å². The Labute approximate surface area is 223 Å². The summed E-state index contributed by atoms with van der Waals surface area (Å²) >= 11 is 0. The normalized spacial score (nSPS) is 13.2. The number of aromatic nitrogens is 3. The third-order valence-electron chi connectivity index (χ3n) is 6.83. The fourth-order valence-corrected chi connectivity index (χ4v) is 4.59. The largest absolute Gasteiger partial charge is 0.490 e. The van der Waals surface area contributed by atoms with E-state index in [1.54, 1.807) is 37.7 Å². The van der Waals surface area contributed by atoms with Crippen molar-refractivity contribution in [3.8, 4) is 0 Å². The molecule has 0 N–H and O–H groups in total. The zero-order chi connectivity index (χ0) is 28.3. The van der Waals surface area contributed by atoms with E-state index in [1.165, 1.54) is 0 Å². The monoisotopic (exact) mass is 539 g/mol. The number of carbonyl (C=O) groups excluding carboxylic acids is 2. The van der Waals surface area contributed by atoms with E-state index in [1.807, 2.05) is 55.5 Å². The second-order valence-electron chi connectivity index (χ2n) is 9.48. The van der Waals surface area contributed by atoms with E-state index in [-0.39, 0.29) is 6.61 Å². The summed E-state index contributed by atoms with van der Waals surface area (Å²) in [7, 11) is 1.78. The zero-order valence-electron chi connectivity index (χ0n) is 22.0. The van der Waals surface area contributed by atoms with Gasteiger partial charge in [0.1, 0.15) is 18.7 Å². The Bertz CT molecular complexity index is 1500. The van der Waals surface area contributed by atoms with Crippen molar-refractivity contribution in [3.05, 3.63) is 94.0 Å². The Kier molecular flexibility index (Phi) is 8.03. The molecular weight excluding hydrogens is 511 g/mol. The second kappa shape index (κ2) is 11.3. The molecule has 10 heteroatoms. The third kappa shape index (κ3) is 6.10. The summed E-state index contributed by atoms with van der Waals surface area (Å²) in [5.74, 6) is -3.90. The van der Waals surface area contributed by atoms with Crippen molar-refractivity contribution in [2.24, 2.45) is 13.0 Å². The molecule has 39 heavy (non-hydrogen) atoms. The molecular formula is C29H28F3N3O4. The minimum Gasteiger partial charge on any atom is -0.461 e. The fourth-order valence-electron chi connectivity index (χ4n) is 4.59. The lowest BCUT2D eigenvalue weighted by Gasteiger charge is -2.26. The number of carbonyl (C=O) groups is 2. The highest BCUT2D eigenvalue weighted by Gasteiger charge is 2.41. The molecule has 3 aromatic carbocycles. The van der Waals surface area contributed by atoms with Crippen LogP contribution in [0.5, 0.6) is 0 Å². The maximum atomic E-state index is 13.3. The van der Waals surface area contributed by atoms with Gasteiger partial charge in [-0.25, -0.2) is 9.48 Å². The van der Waals surface area contributed by atoms with E-state index in [2.05, 4.69) is 15.0 Å². The molecule has 2 atom stereocenters. The Morgan fingerprint density at radius 2 is 1.69 bits per heavy atom. The molecule has 0 saturated carbocycles. The van der Waals surface area contributed by atoms with Crippen molar-refractivity contribution in [3.63, 3.8) is 0 Å². The molecule has 0 saturated heterocycles. The summed E-state index contributed by atoms with van der Waals surface area (Å²) in [4.78, 5) is 24.6. The van der Waals surface area contributed by atoms with Crippen molar-refractivity contribution in [1.82, 2.24) is 15.0 Å². The SMILES string of the molecule is Cc1ccc(C(c2ccc3c(nnn3C)c2C)C(C)C(=O)OCc2ccccc2)cc1COC(=O)C(F)(F)F. The summed E-state index contributed by atoms with van der Waals surface area (Å²) in [5.41, 5.74) is 5.67. The van der Waals surface area contributed by atoms with Crippen LogP contribution in [0.25, 0.3) is 11.0 Å². The van der Waals surface area contributed by atoms with Crippen LogP contribution in [0.2, 0.25) is 0 Å². The van der Waals surface area contributed by atoms with Gasteiger partial charge in [0.15, 0.2) is 0 Å². The highest BCUT2D eigenvalue weighted by Crippen LogP contribution is 2.38. The van der Waals surface area contributed by atoms with Gasteiger partial charge in [-0.15, -0.1) is 5.10 Å². The highest BCUT2D eigenvalue weighted by atomic mass is 19.4. The van der Waals surface area contributed by atoms with Gasteiger partial charge in [0.2, 0.25) is 0 Å². The quantitative estimate of drug-likeness (QED) is 0.267. The number of ether oxygens (including phenoxy) is 2. The number of alkyl halides is 3. The summed E-state index contributed by atoms with van der Waals surface area (Å²) in [5, 5.41) is 8.36. The lowest BCUT2D eigenvalue weighted by atomic mass is 9.79. The molecule has 204 valence electrons. The number of benzene rings is 3. The van der Waals surface area contributed by atoms with E-state index in [4.69, 9.17) is 4.74 Å². The van der Waals surface area contributed by atoms with Crippen molar-refractivity contribution in [1.29, 1.82) is 0 Å². The number of esters is 2. The van der Waals surface area contributed by atoms with Crippen LogP contribution in [0.1, 0.15) is 46.2 Å². The summed E-state index contributed by atoms with van der Waals surface area (Å²) in [6.45, 7) is 4.90. The molecule has 0 amide bonds. The van der Waals surface area contributed by atoms with Crippen molar-refractivity contribution in [2.75, 3.05) is 0 Å². The summed E-state index contributed by atoms with van der Waals surface area (Å²) in [6, 6.07) is 18.3. The standard InChI is InChI=1S/C29H28F3N3O4/c1-17-10-11-21(14-22(17)16-39-28(37)29(30,31)32)25(19(3)27(36)38-15-20-8-6-5-7-9-20)23-12-13-24-26(18(23)2)33-34-35(24)4/h5-14,19,25H,15-16H2,1-4H3. The molecule has 0 aliphatic heterocycles. The number of hydrogen-bond donors (Lipinski definition) is 0. The minimum atomic E-state index is -5.09. The van der Waals surface area contributed by atoms with Gasteiger partial charge in [-0.1, -0.05) is 66.7 Å². The van der Waals surface area contributed by atoms with Gasteiger partial charge in [-0.05, 0) is 53.3 Å². The van der Waals surface area contributed by atoms with Crippen LogP contribution in [-0.4, -0.2) is 33.1 Å². The smallest absolute Gasteiger partial charge is 0.461 e. The molecule has 1 heterocycles. The molecule has 0 aliphatic rings. The fraction of sp³-hybridized carbons (Fsp3) is 0.310. The average molecular weight is 540 g/mol. The number of fused-ring (bicyclic) bond motifs is 1. The van der Waals surface area contributed by atoms with Crippen LogP contribution < -0.4 is 0 Å². The molecule has 0 bridgehead atoms. The second-order valence-corrected chi connectivity index (χ2v) is 9.48. The molecule has 4 aromatic rings. The van der Waals surface area contributed by atoms with Crippen LogP contribution in [0.4, 0.5) is 13.2 Å². The van der Waals surface area contributed by atoms with Gasteiger partial charge in [-0.2, -0.15) is 13.2 Å². The highest BCUT2D eigenvalue weighted by molar-refractivity contribution is 5.81. The molecule has 0 fully saturated rings. The van der Waals surface area contributed by atoms with Crippen LogP contribution in [-0.2, 0) is 39.3 Å². The number of aryl methyl sites for hydroxylation is 3. The van der Waals surface area contributed by atoms with Crippen LogP contribution in [0.15, 0.2) is 60.7 Å². The van der Waals surface area contributed by atoms with E-state index in [9.17, 15) is 22.8 Å². The van der Waals surface area contributed by atoms with E-state index < -0.39 is 36.6 Å². The Balaban J connectivity index is 1.72. The van der Waals surface area contributed by atoms with E-state index >= 15 is 0 Å². The first kappa shape index (κ1) is 27.8. The Morgan fingerprint density at radius 1 is 0.974 bits per heavy atom. The molecule has 0 radical (unpaired) electrons. The first-order valence-corrected chi connectivity index (χ1v) is 12.3. The predicted octanol–water partition coefficient (Wildman–Crippen LogP) is 5.70. The van der Waals surface area contributed by atoms with Crippen LogP contribution >= 0.6 is 0 Å². The Morgan fingerprint density at radius 3 is 2.38 bits per heavy atom. The molecule has 0 spiro atoms. The van der Waals surface area contributed by atoms with E-state index in [0.717, 1.165) is 22.2 Å². The molecule has 4 rings (SSSR count). The third-order valence-corrected chi connectivity index (χ3v) is 6.83.